The lowest BCUT2D eigenvalue weighted by Gasteiger charge is -2.23. The summed E-state index contributed by atoms with van der Waals surface area (Å²) in [6.07, 6.45) is -3.59. The number of H-pyrrole nitrogens is 1. The van der Waals surface area contributed by atoms with Crippen molar-refractivity contribution in [2.24, 2.45) is 0 Å². The van der Waals surface area contributed by atoms with Gasteiger partial charge in [0.2, 0.25) is 5.91 Å². The number of nitrogens with zero attached hydrogens (tertiary/aromatic N) is 1. The number of carbonyl (C=O) groups excluding carboxylic acids is 2. The second kappa shape index (κ2) is 6.59. The average Bonchev–Trinajstić information content (AvgIpc) is 3.17. The Hall–Kier alpha value is -2.22. The minimum Gasteiger partial charge on any atom is -0.351 e. The van der Waals surface area contributed by atoms with Gasteiger partial charge in [-0.1, -0.05) is 11.6 Å². The first-order chi connectivity index (χ1) is 11.7. The first-order valence-corrected chi connectivity index (χ1v) is 8.06. The quantitative estimate of drug-likeness (QED) is 0.868. The third kappa shape index (κ3) is 3.89. The lowest BCUT2D eigenvalue weighted by Crippen LogP contribution is -2.48. The summed E-state index contributed by atoms with van der Waals surface area (Å²) < 4.78 is 36.8. The van der Waals surface area contributed by atoms with Crippen LogP contribution in [0.1, 0.15) is 23.3 Å². The van der Waals surface area contributed by atoms with E-state index >= 15 is 0 Å². The number of aromatic amines is 1. The fourth-order valence-corrected chi connectivity index (χ4v) is 3.14. The van der Waals surface area contributed by atoms with Gasteiger partial charge in [-0.3, -0.25) is 9.59 Å². The molecule has 3 rings (SSSR count). The van der Waals surface area contributed by atoms with Crippen LogP contribution in [0.25, 0.3) is 10.9 Å². The van der Waals surface area contributed by atoms with Crippen molar-refractivity contribution in [1.29, 1.82) is 0 Å². The highest BCUT2D eigenvalue weighted by Gasteiger charge is 2.37. The maximum atomic E-state index is 12.7. The number of likely N-dealkylation sites (tertiary alicyclic amines) is 1. The summed E-state index contributed by atoms with van der Waals surface area (Å²) in [5.74, 6) is -1.21. The van der Waals surface area contributed by atoms with E-state index in [1.165, 1.54) is 4.90 Å². The molecular weight excluding hydrogens is 359 g/mol. The van der Waals surface area contributed by atoms with Crippen molar-refractivity contribution in [2.45, 2.75) is 25.1 Å². The number of alkyl halides is 3. The molecule has 0 radical (unpaired) electrons. The predicted octanol–water partition coefficient (Wildman–Crippen LogP) is 3.10. The number of amides is 2. The van der Waals surface area contributed by atoms with Crippen molar-refractivity contribution in [3.05, 3.63) is 35.0 Å². The van der Waals surface area contributed by atoms with Gasteiger partial charge in [0.1, 0.15) is 18.3 Å². The number of aromatic nitrogens is 1. The molecule has 1 aromatic heterocycles. The van der Waals surface area contributed by atoms with Crippen LogP contribution >= 0.6 is 11.6 Å². The van der Waals surface area contributed by atoms with Crippen LogP contribution in [-0.2, 0) is 4.79 Å². The Bertz CT molecular complexity index is 819. The Labute approximate surface area is 146 Å². The zero-order valence-electron chi connectivity index (χ0n) is 13.0. The van der Waals surface area contributed by atoms with E-state index in [1.54, 1.807) is 24.3 Å². The lowest BCUT2D eigenvalue weighted by molar-refractivity contribution is -0.140. The van der Waals surface area contributed by atoms with Crippen LogP contribution in [-0.4, -0.2) is 47.0 Å². The van der Waals surface area contributed by atoms with Gasteiger partial charge in [0.15, 0.2) is 0 Å². The van der Waals surface area contributed by atoms with E-state index in [2.05, 4.69) is 4.98 Å². The highest BCUT2D eigenvalue weighted by molar-refractivity contribution is 6.31. The van der Waals surface area contributed by atoms with Crippen molar-refractivity contribution in [3.8, 4) is 0 Å². The van der Waals surface area contributed by atoms with Gasteiger partial charge < -0.3 is 15.2 Å². The lowest BCUT2D eigenvalue weighted by atomic mass is 10.2. The average molecular weight is 374 g/mol. The number of carbonyl (C=O) groups is 2. The van der Waals surface area contributed by atoms with Crippen LogP contribution in [0.5, 0.6) is 0 Å². The van der Waals surface area contributed by atoms with Gasteiger partial charge in [0.05, 0.1) is 0 Å². The molecule has 2 N–H and O–H groups in total. The molecule has 5 nitrogen and oxygen atoms in total. The van der Waals surface area contributed by atoms with Gasteiger partial charge in [-0.2, -0.15) is 13.2 Å². The van der Waals surface area contributed by atoms with Crippen LogP contribution < -0.4 is 5.32 Å². The van der Waals surface area contributed by atoms with E-state index in [0.717, 1.165) is 5.39 Å². The van der Waals surface area contributed by atoms with Crippen molar-refractivity contribution in [3.63, 3.8) is 0 Å². The molecular formula is C16H15ClF3N3O2. The van der Waals surface area contributed by atoms with Crippen molar-refractivity contribution < 1.29 is 22.8 Å². The number of hydrogen-bond acceptors (Lipinski definition) is 2. The molecule has 9 heteroatoms. The molecule has 0 bridgehead atoms. The van der Waals surface area contributed by atoms with Gasteiger partial charge in [-0.15, -0.1) is 0 Å². The normalized spacial score (nSPS) is 17.9. The van der Waals surface area contributed by atoms with Crippen LogP contribution in [0.2, 0.25) is 5.02 Å². The highest BCUT2D eigenvalue weighted by atomic mass is 35.5. The summed E-state index contributed by atoms with van der Waals surface area (Å²) in [7, 11) is 0. The maximum Gasteiger partial charge on any atom is 0.405 e. The zero-order valence-corrected chi connectivity index (χ0v) is 13.7. The predicted molar refractivity (Wildman–Crippen MR) is 86.4 cm³/mol. The van der Waals surface area contributed by atoms with Gasteiger partial charge in [-0.05, 0) is 37.1 Å². The zero-order chi connectivity index (χ0) is 18.2. The Morgan fingerprint density at radius 1 is 1.32 bits per heavy atom. The molecule has 25 heavy (non-hydrogen) atoms. The molecule has 0 saturated carbocycles. The molecule has 2 heterocycles. The summed E-state index contributed by atoms with van der Waals surface area (Å²) in [6.45, 7) is -1.09. The first kappa shape index (κ1) is 17.6. The Kier molecular flexibility index (Phi) is 4.64. The van der Waals surface area contributed by atoms with E-state index in [9.17, 15) is 22.8 Å². The number of halogens is 4. The fourth-order valence-electron chi connectivity index (χ4n) is 2.96. The Morgan fingerprint density at radius 2 is 2.08 bits per heavy atom. The molecule has 1 aliphatic heterocycles. The van der Waals surface area contributed by atoms with Crippen LogP contribution in [0, 0.1) is 0 Å². The molecule has 1 fully saturated rings. The van der Waals surface area contributed by atoms with E-state index < -0.39 is 30.6 Å². The van der Waals surface area contributed by atoms with Gasteiger partial charge in [0.25, 0.3) is 5.91 Å². The van der Waals surface area contributed by atoms with Crippen molar-refractivity contribution in [2.75, 3.05) is 13.1 Å². The topological polar surface area (TPSA) is 65.2 Å². The van der Waals surface area contributed by atoms with E-state index in [1.807, 2.05) is 5.32 Å². The van der Waals surface area contributed by atoms with Crippen LogP contribution in [0.3, 0.4) is 0 Å². The maximum absolute atomic E-state index is 12.7. The Balaban J connectivity index is 1.76. The molecule has 134 valence electrons. The fraction of sp³-hybridized carbons (Fsp3) is 0.375. The molecule has 1 unspecified atom stereocenters. The number of benzene rings is 1. The highest BCUT2D eigenvalue weighted by Crippen LogP contribution is 2.24. The van der Waals surface area contributed by atoms with Crippen LogP contribution in [0.4, 0.5) is 13.2 Å². The minimum absolute atomic E-state index is 0.271. The standard InChI is InChI=1S/C16H15ClF3N3O2/c17-10-3-4-11-9(6-10)7-12(22-11)15(25)23-5-1-2-13(23)14(24)21-8-16(18,19)20/h3-4,6-7,13,22H,1-2,5,8H2,(H,21,24). The largest absolute Gasteiger partial charge is 0.405 e. The molecule has 1 atom stereocenters. The molecule has 1 aliphatic rings. The number of nitrogens with one attached hydrogen (secondary N) is 2. The number of rotatable bonds is 3. The molecule has 0 spiro atoms. The summed E-state index contributed by atoms with van der Waals surface area (Å²) in [4.78, 5) is 29.0. The van der Waals surface area contributed by atoms with Gasteiger partial charge in [0, 0.05) is 22.5 Å². The molecule has 2 amide bonds. The molecule has 2 aromatic rings. The third-order valence-electron chi connectivity index (χ3n) is 4.09. The van der Waals surface area contributed by atoms with E-state index in [-0.39, 0.29) is 5.69 Å². The van der Waals surface area contributed by atoms with Crippen molar-refractivity contribution in [1.82, 2.24) is 15.2 Å². The summed E-state index contributed by atoms with van der Waals surface area (Å²) >= 11 is 5.92. The summed E-state index contributed by atoms with van der Waals surface area (Å²) in [5.41, 5.74) is 0.984. The second-order valence-electron chi connectivity index (χ2n) is 5.90. The molecule has 1 aromatic carbocycles. The van der Waals surface area contributed by atoms with Gasteiger partial charge in [-0.25, -0.2) is 0 Å². The summed E-state index contributed by atoms with van der Waals surface area (Å²) in [5, 5.41) is 3.12. The van der Waals surface area contributed by atoms with Gasteiger partial charge >= 0.3 is 6.18 Å². The molecule has 1 saturated heterocycles. The van der Waals surface area contributed by atoms with E-state index in [0.29, 0.717) is 29.9 Å². The number of hydrogen-bond donors (Lipinski definition) is 2. The monoisotopic (exact) mass is 373 g/mol. The second-order valence-corrected chi connectivity index (χ2v) is 6.34. The summed E-state index contributed by atoms with van der Waals surface area (Å²) in [6, 6.07) is 5.82. The third-order valence-corrected chi connectivity index (χ3v) is 4.33. The minimum atomic E-state index is -4.49. The Morgan fingerprint density at radius 3 is 2.80 bits per heavy atom. The first-order valence-electron chi connectivity index (χ1n) is 7.68. The van der Waals surface area contributed by atoms with E-state index in [4.69, 9.17) is 11.6 Å². The number of fused-ring (bicyclic) bond motifs is 1. The molecule has 0 aliphatic carbocycles. The smallest absolute Gasteiger partial charge is 0.351 e. The van der Waals surface area contributed by atoms with Crippen LogP contribution in [0.15, 0.2) is 24.3 Å². The van der Waals surface area contributed by atoms with Crippen molar-refractivity contribution >= 4 is 34.3 Å². The SMILES string of the molecule is O=C(NCC(F)(F)F)C1CCCN1C(=O)c1cc2cc(Cl)ccc2[nH]1.